The van der Waals surface area contributed by atoms with Gasteiger partial charge in [0.05, 0.1) is 6.04 Å². The maximum atomic E-state index is 13.7. The van der Waals surface area contributed by atoms with E-state index in [-0.39, 0.29) is 41.7 Å². The predicted molar refractivity (Wildman–Crippen MR) is 110 cm³/mol. The molecule has 1 fully saturated rings. The van der Waals surface area contributed by atoms with Gasteiger partial charge >= 0.3 is 0 Å². The Morgan fingerprint density at radius 2 is 2.12 bits per heavy atom. The van der Waals surface area contributed by atoms with Crippen LogP contribution in [0.4, 0.5) is 4.39 Å². The van der Waals surface area contributed by atoms with Crippen LogP contribution in [0.5, 0.6) is 0 Å². The van der Waals surface area contributed by atoms with Gasteiger partial charge in [-0.2, -0.15) is 0 Å². The first-order chi connectivity index (χ1) is 11.5. The molecule has 1 amide bonds. The number of nitrogens with one attached hydrogen (secondary N) is 3. The molecule has 0 aliphatic heterocycles. The van der Waals surface area contributed by atoms with Crippen molar-refractivity contribution in [2.24, 2.45) is 4.99 Å². The zero-order valence-corrected chi connectivity index (χ0v) is 17.4. The molecule has 1 unspecified atom stereocenters. The van der Waals surface area contributed by atoms with Crippen molar-refractivity contribution in [3.63, 3.8) is 0 Å². The van der Waals surface area contributed by atoms with E-state index in [0.29, 0.717) is 30.5 Å². The van der Waals surface area contributed by atoms with Gasteiger partial charge in [0.25, 0.3) is 0 Å². The van der Waals surface area contributed by atoms with E-state index in [0.717, 1.165) is 24.8 Å². The largest absolute Gasteiger partial charge is 0.356 e. The molecule has 0 aromatic heterocycles. The summed E-state index contributed by atoms with van der Waals surface area (Å²) in [6.07, 6.45) is 3.47. The highest BCUT2D eigenvalue weighted by molar-refractivity contribution is 14.0. The number of hydrogen-bond acceptors (Lipinski definition) is 2. The minimum atomic E-state index is -0.203. The molecule has 1 atom stereocenters. The van der Waals surface area contributed by atoms with Crippen LogP contribution >= 0.6 is 24.0 Å². The lowest BCUT2D eigenvalue weighted by Crippen LogP contribution is -2.39. The van der Waals surface area contributed by atoms with Crippen molar-refractivity contribution in [2.75, 3.05) is 13.6 Å². The maximum Gasteiger partial charge on any atom is 0.220 e. The lowest BCUT2D eigenvalue weighted by atomic mass is 10.1. The van der Waals surface area contributed by atoms with Crippen molar-refractivity contribution >= 4 is 35.8 Å². The molecule has 140 valence electrons. The molecule has 1 aliphatic carbocycles. The number of carbonyl (C=O) groups is 1. The Morgan fingerprint density at radius 3 is 2.72 bits per heavy atom. The van der Waals surface area contributed by atoms with Crippen LogP contribution in [0.3, 0.4) is 0 Å². The summed E-state index contributed by atoms with van der Waals surface area (Å²) in [5.41, 5.74) is 1.50. The number of guanidine groups is 1. The fraction of sp³-hybridized carbons (Fsp3) is 0.556. The Labute approximate surface area is 166 Å². The minimum absolute atomic E-state index is 0. The molecule has 1 aromatic rings. The fourth-order valence-electron chi connectivity index (χ4n) is 2.34. The van der Waals surface area contributed by atoms with E-state index in [1.807, 2.05) is 13.0 Å². The van der Waals surface area contributed by atoms with E-state index in [1.165, 1.54) is 0 Å². The van der Waals surface area contributed by atoms with Crippen LogP contribution < -0.4 is 16.0 Å². The van der Waals surface area contributed by atoms with Gasteiger partial charge in [-0.25, -0.2) is 4.39 Å². The number of hydrogen-bond donors (Lipinski definition) is 3. The average Bonchev–Trinajstić information content (AvgIpc) is 3.36. The lowest BCUT2D eigenvalue weighted by Gasteiger charge is -2.18. The van der Waals surface area contributed by atoms with Gasteiger partial charge in [-0.15, -0.1) is 24.0 Å². The highest BCUT2D eigenvalue weighted by Crippen LogP contribution is 2.18. The molecule has 25 heavy (non-hydrogen) atoms. The van der Waals surface area contributed by atoms with Gasteiger partial charge in [-0.1, -0.05) is 12.1 Å². The third-order valence-corrected chi connectivity index (χ3v) is 4.09. The highest BCUT2D eigenvalue weighted by Gasteiger charge is 2.22. The van der Waals surface area contributed by atoms with Crippen molar-refractivity contribution in [3.8, 4) is 0 Å². The SMILES string of the molecule is CN=C(NCCCC(=O)NC1CC1)NC(C)c1ccc(C)c(F)c1.I. The Morgan fingerprint density at radius 1 is 1.40 bits per heavy atom. The summed E-state index contributed by atoms with van der Waals surface area (Å²) in [5.74, 6) is 0.558. The first-order valence-corrected chi connectivity index (χ1v) is 8.52. The summed E-state index contributed by atoms with van der Waals surface area (Å²) in [6.45, 7) is 4.36. The van der Waals surface area contributed by atoms with Crippen LogP contribution in [0.2, 0.25) is 0 Å². The fourth-order valence-corrected chi connectivity index (χ4v) is 2.34. The molecule has 1 aromatic carbocycles. The van der Waals surface area contributed by atoms with Gasteiger partial charge < -0.3 is 16.0 Å². The molecule has 5 nitrogen and oxygen atoms in total. The van der Waals surface area contributed by atoms with Crippen LogP contribution in [0, 0.1) is 12.7 Å². The van der Waals surface area contributed by atoms with Crippen molar-refractivity contribution in [1.29, 1.82) is 0 Å². The number of aryl methyl sites for hydroxylation is 1. The summed E-state index contributed by atoms with van der Waals surface area (Å²) < 4.78 is 13.7. The summed E-state index contributed by atoms with van der Waals surface area (Å²) in [5, 5.41) is 9.39. The molecule has 2 rings (SSSR count). The van der Waals surface area contributed by atoms with Crippen LogP contribution in [0.25, 0.3) is 0 Å². The number of nitrogens with zero attached hydrogens (tertiary/aromatic N) is 1. The van der Waals surface area contributed by atoms with Crippen LogP contribution in [-0.2, 0) is 4.79 Å². The van der Waals surface area contributed by atoms with E-state index in [2.05, 4.69) is 20.9 Å². The van der Waals surface area contributed by atoms with Crippen molar-refractivity contribution in [2.45, 2.75) is 51.6 Å². The molecule has 0 bridgehead atoms. The standard InChI is InChI=1S/C18H27FN4O.HI/c1-12-6-7-14(11-16(12)19)13(2)22-18(20-3)21-10-4-5-17(24)23-15-8-9-15;/h6-7,11,13,15H,4-5,8-10H2,1-3H3,(H,23,24)(H2,20,21,22);1H. The molecular formula is C18H28FIN4O. The summed E-state index contributed by atoms with van der Waals surface area (Å²) in [4.78, 5) is 15.8. The molecule has 7 heteroatoms. The van der Waals surface area contributed by atoms with Crippen LogP contribution in [0.15, 0.2) is 23.2 Å². The van der Waals surface area contributed by atoms with Crippen molar-refractivity contribution < 1.29 is 9.18 Å². The Bertz CT molecular complexity index is 605. The van der Waals surface area contributed by atoms with Gasteiger partial charge in [0.1, 0.15) is 5.82 Å². The topological polar surface area (TPSA) is 65.5 Å². The number of aliphatic imine (C=N–C) groups is 1. The average molecular weight is 462 g/mol. The Kier molecular flexibility index (Phi) is 9.16. The van der Waals surface area contributed by atoms with Crippen molar-refractivity contribution in [3.05, 3.63) is 35.1 Å². The summed E-state index contributed by atoms with van der Waals surface area (Å²) >= 11 is 0. The van der Waals surface area contributed by atoms with E-state index in [1.54, 1.807) is 26.1 Å². The number of benzene rings is 1. The second kappa shape index (κ2) is 10.6. The molecule has 3 N–H and O–H groups in total. The lowest BCUT2D eigenvalue weighted by molar-refractivity contribution is -0.121. The Hall–Kier alpha value is -1.38. The van der Waals surface area contributed by atoms with Crippen LogP contribution in [-0.4, -0.2) is 31.5 Å². The van der Waals surface area contributed by atoms with E-state index in [4.69, 9.17) is 0 Å². The van der Waals surface area contributed by atoms with Gasteiger partial charge in [0, 0.05) is 26.1 Å². The van der Waals surface area contributed by atoms with Gasteiger partial charge in [-0.05, 0) is 50.3 Å². The Balaban J connectivity index is 0.00000312. The second-order valence-corrected chi connectivity index (χ2v) is 6.32. The normalized spacial score (nSPS) is 15.1. The van der Waals surface area contributed by atoms with Gasteiger partial charge in [0.2, 0.25) is 5.91 Å². The second-order valence-electron chi connectivity index (χ2n) is 6.32. The van der Waals surface area contributed by atoms with Gasteiger partial charge in [-0.3, -0.25) is 9.79 Å². The smallest absolute Gasteiger partial charge is 0.220 e. The van der Waals surface area contributed by atoms with E-state index >= 15 is 0 Å². The monoisotopic (exact) mass is 462 g/mol. The summed E-state index contributed by atoms with van der Waals surface area (Å²) in [7, 11) is 1.69. The minimum Gasteiger partial charge on any atom is -0.356 e. The van der Waals surface area contributed by atoms with E-state index in [9.17, 15) is 9.18 Å². The number of halogens is 2. The highest BCUT2D eigenvalue weighted by atomic mass is 127. The third kappa shape index (κ3) is 7.58. The number of carbonyl (C=O) groups excluding carboxylic acids is 1. The first kappa shape index (κ1) is 21.7. The predicted octanol–water partition coefficient (Wildman–Crippen LogP) is 3.04. The van der Waals surface area contributed by atoms with E-state index < -0.39 is 0 Å². The molecule has 0 spiro atoms. The quantitative estimate of drug-likeness (QED) is 0.253. The van der Waals surface area contributed by atoms with Crippen molar-refractivity contribution in [1.82, 2.24) is 16.0 Å². The maximum absolute atomic E-state index is 13.7. The number of amides is 1. The molecule has 1 aliphatic rings. The zero-order chi connectivity index (χ0) is 17.5. The molecular weight excluding hydrogens is 434 g/mol. The first-order valence-electron chi connectivity index (χ1n) is 8.52. The van der Waals surface area contributed by atoms with Gasteiger partial charge in [0.15, 0.2) is 5.96 Å². The molecule has 1 saturated carbocycles. The molecule has 0 radical (unpaired) electrons. The summed E-state index contributed by atoms with van der Waals surface area (Å²) in [6, 6.07) is 5.58. The third-order valence-electron chi connectivity index (χ3n) is 4.09. The van der Waals surface area contributed by atoms with Crippen LogP contribution in [0.1, 0.15) is 49.8 Å². The molecule has 0 heterocycles. The number of rotatable bonds is 7. The molecule has 0 saturated heterocycles. The zero-order valence-electron chi connectivity index (χ0n) is 15.1.